The molecule has 0 fully saturated rings. The summed E-state index contributed by atoms with van der Waals surface area (Å²) in [4.78, 5) is 14.9. The van der Waals surface area contributed by atoms with Gasteiger partial charge in [0.1, 0.15) is 11.4 Å². The van der Waals surface area contributed by atoms with E-state index >= 15 is 0 Å². The third-order valence-electron chi connectivity index (χ3n) is 1.95. The van der Waals surface area contributed by atoms with E-state index in [-0.39, 0.29) is 0 Å². The van der Waals surface area contributed by atoms with E-state index < -0.39 is 0 Å². The van der Waals surface area contributed by atoms with Crippen LogP contribution in [0.5, 0.6) is 0 Å². The number of hydrogen-bond donors (Lipinski definition) is 0. The molecule has 0 unspecified atom stereocenters. The van der Waals surface area contributed by atoms with Crippen molar-refractivity contribution in [1.82, 2.24) is 20.0 Å². The van der Waals surface area contributed by atoms with E-state index in [0.717, 1.165) is 0 Å². The Hall–Kier alpha value is -1.75. The quantitative estimate of drug-likeness (QED) is 0.720. The number of pyridine rings is 1. The van der Waals surface area contributed by atoms with Crippen molar-refractivity contribution in [2.45, 2.75) is 0 Å². The first kappa shape index (κ1) is 9.79. The number of aryl methyl sites for hydroxylation is 1. The number of hydrogen-bond acceptors (Lipinski definition) is 4. The molecule has 76 valence electrons. The summed E-state index contributed by atoms with van der Waals surface area (Å²) >= 11 is 5.70. The van der Waals surface area contributed by atoms with Gasteiger partial charge in [-0.2, -0.15) is 0 Å². The summed E-state index contributed by atoms with van der Waals surface area (Å²) in [5.74, 6) is 0. The van der Waals surface area contributed by atoms with Crippen molar-refractivity contribution in [3.8, 4) is 11.4 Å². The molecule has 2 aromatic rings. The summed E-state index contributed by atoms with van der Waals surface area (Å²) in [5, 5.41) is 8.15. The van der Waals surface area contributed by atoms with Crippen LogP contribution in [0.2, 0.25) is 5.02 Å². The van der Waals surface area contributed by atoms with Crippen LogP contribution >= 0.6 is 11.6 Å². The Morgan fingerprint density at radius 1 is 1.47 bits per heavy atom. The van der Waals surface area contributed by atoms with Crippen LogP contribution in [0.25, 0.3) is 11.4 Å². The highest BCUT2D eigenvalue weighted by molar-refractivity contribution is 6.30. The van der Waals surface area contributed by atoms with Crippen molar-refractivity contribution in [2.24, 2.45) is 7.05 Å². The van der Waals surface area contributed by atoms with Crippen molar-refractivity contribution < 1.29 is 4.79 Å². The minimum atomic E-state index is 0.393. The molecular weight excluding hydrogens is 216 g/mol. The van der Waals surface area contributed by atoms with Gasteiger partial charge in [0, 0.05) is 13.2 Å². The monoisotopic (exact) mass is 222 g/mol. The third kappa shape index (κ3) is 1.73. The van der Waals surface area contributed by atoms with Crippen molar-refractivity contribution in [3.05, 3.63) is 29.0 Å². The van der Waals surface area contributed by atoms with E-state index in [0.29, 0.717) is 28.4 Å². The van der Waals surface area contributed by atoms with Gasteiger partial charge in [-0.15, -0.1) is 5.10 Å². The van der Waals surface area contributed by atoms with Crippen molar-refractivity contribution in [3.63, 3.8) is 0 Å². The molecule has 0 radical (unpaired) electrons. The summed E-state index contributed by atoms with van der Waals surface area (Å²) in [6.07, 6.45) is 2.20. The maximum absolute atomic E-state index is 10.8. The van der Waals surface area contributed by atoms with E-state index in [1.54, 1.807) is 19.2 Å². The molecule has 0 N–H and O–H groups in total. The van der Waals surface area contributed by atoms with Crippen molar-refractivity contribution in [2.75, 3.05) is 0 Å². The zero-order valence-corrected chi connectivity index (χ0v) is 8.64. The fourth-order valence-electron chi connectivity index (χ4n) is 1.19. The van der Waals surface area contributed by atoms with Gasteiger partial charge in [-0.25, -0.2) is 4.68 Å². The maximum Gasteiger partial charge on any atom is 0.170 e. The second-order valence-corrected chi connectivity index (χ2v) is 3.36. The predicted octanol–water partition coefficient (Wildman–Crippen LogP) is 1.34. The Bertz CT molecular complexity index is 491. The minimum Gasteiger partial charge on any atom is -0.296 e. The Balaban J connectivity index is 2.53. The first-order valence-electron chi connectivity index (χ1n) is 4.19. The van der Waals surface area contributed by atoms with Gasteiger partial charge < -0.3 is 0 Å². The predicted molar refractivity (Wildman–Crippen MR) is 54.6 cm³/mol. The van der Waals surface area contributed by atoms with Gasteiger partial charge in [-0.3, -0.25) is 9.78 Å². The highest BCUT2D eigenvalue weighted by Gasteiger charge is 2.12. The van der Waals surface area contributed by atoms with Gasteiger partial charge in [0.25, 0.3) is 0 Å². The molecule has 0 aromatic carbocycles. The number of aldehydes is 1. The zero-order valence-electron chi connectivity index (χ0n) is 7.88. The molecule has 0 aliphatic rings. The molecule has 0 aliphatic heterocycles. The zero-order chi connectivity index (χ0) is 10.8. The number of carbonyl (C=O) groups is 1. The number of carbonyl (C=O) groups excluding carboxylic acids is 1. The van der Waals surface area contributed by atoms with Gasteiger partial charge in [0.05, 0.1) is 10.7 Å². The molecule has 15 heavy (non-hydrogen) atoms. The first-order valence-corrected chi connectivity index (χ1v) is 4.57. The first-order chi connectivity index (χ1) is 7.22. The van der Waals surface area contributed by atoms with Crippen molar-refractivity contribution >= 4 is 17.9 Å². The lowest BCUT2D eigenvalue weighted by atomic mass is 10.2. The lowest BCUT2D eigenvalue weighted by Gasteiger charge is -1.96. The molecule has 0 atom stereocenters. The van der Waals surface area contributed by atoms with Crippen LogP contribution in [0.15, 0.2) is 18.3 Å². The smallest absolute Gasteiger partial charge is 0.170 e. The lowest BCUT2D eigenvalue weighted by molar-refractivity contribution is 0.111. The number of nitrogens with zero attached hydrogens (tertiary/aromatic N) is 4. The molecule has 2 rings (SSSR count). The molecule has 0 aliphatic carbocycles. The summed E-state index contributed by atoms with van der Waals surface area (Å²) in [6.45, 7) is 0. The summed E-state index contributed by atoms with van der Waals surface area (Å²) in [5.41, 5.74) is 1.43. The average Bonchev–Trinajstić information content (AvgIpc) is 2.61. The second kappa shape index (κ2) is 3.78. The van der Waals surface area contributed by atoms with E-state index in [9.17, 15) is 4.79 Å². The molecule has 2 aromatic heterocycles. The van der Waals surface area contributed by atoms with Gasteiger partial charge >= 0.3 is 0 Å². The molecule has 5 nitrogen and oxygen atoms in total. The second-order valence-electron chi connectivity index (χ2n) is 2.93. The molecular formula is C9H7ClN4O. The average molecular weight is 223 g/mol. The van der Waals surface area contributed by atoms with Crippen LogP contribution in [0.3, 0.4) is 0 Å². The molecule has 0 bridgehead atoms. The van der Waals surface area contributed by atoms with Gasteiger partial charge in [-0.1, -0.05) is 16.8 Å². The summed E-state index contributed by atoms with van der Waals surface area (Å²) in [6, 6.07) is 3.38. The highest BCUT2D eigenvalue weighted by atomic mass is 35.5. The molecule has 6 heteroatoms. The molecule has 0 saturated heterocycles. The Labute approximate surface area is 90.7 Å². The molecule has 2 heterocycles. The van der Waals surface area contributed by atoms with E-state index in [1.165, 1.54) is 10.9 Å². The Kier molecular flexibility index (Phi) is 2.47. The molecule has 0 spiro atoms. The standard InChI is InChI=1S/C9H7ClN4O/c1-14-8(5-15)9(12-13-14)7-3-2-6(10)4-11-7/h2-5H,1H3. The fraction of sp³-hybridized carbons (Fsp3) is 0.111. The number of rotatable bonds is 2. The van der Waals surface area contributed by atoms with Gasteiger partial charge in [-0.05, 0) is 12.1 Å². The minimum absolute atomic E-state index is 0.393. The Morgan fingerprint density at radius 2 is 2.27 bits per heavy atom. The van der Waals surface area contributed by atoms with Crippen molar-refractivity contribution in [1.29, 1.82) is 0 Å². The summed E-state index contributed by atoms with van der Waals surface area (Å²) in [7, 11) is 1.65. The normalized spacial score (nSPS) is 10.3. The van der Waals surface area contributed by atoms with Crippen LogP contribution in [-0.4, -0.2) is 26.3 Å². The third-order valence-corrected chi connectivity index (χ3v) is 2.18. The molecule has 0 amide bonds. The van der Waals surface area contributed by atoms with E-state index in [4.69, 9.17) is 11.6 Å². The van der Waals surface area contributed by atoms with E-state index in [1.807, 2.05) is 0 Å². The Morgan fingerprint density at radius 3 is 2.87 bits per heavy atom. The van der Waals surface area contributed by atoms with E-state index in [2.05, 4.69) is 15.3 Å². The highest BCUT2D eigenvalue weighted by Crippen LogP contribution is 2.18. The van der Waals surface area contributed by atoms with Crippen LogP contribution in [0, 0.1) is 0 Å². The van der Waals surface area contributed by atoms with Crippen LogP contribution in [-0.2, 0) is 7.05 Å². The largest absolute Gasteiger partial charge is 0.296 e. The van der Waals surface area contributed by atoms with Gasteiger partial charge in [0.15, 0.2) is 6.29 Å². The lowest BCUT2D eigenvalue weighted by Crippen LogP contribution is -1.97. The van der Waals surface area contributed by atoms with Gasteiger partial charge in [0.2, 0.25) is 0 Å². The van der Waals surface area contributed by atoms with Crippen LogP contribution in [0.1, 0.15) is 10.5 Å². The topological polar surface area (TPSA) is 60.7 Å². The molecule has 0 saturated carbocycles. The number of aromatic nitrogens is 4. The van der Waals surface area contributed by atoms with Crippen LogP contribution in [0.4, 0.5) is 0 Å². The maximum atomic E-state index is 10.8. The fourth-order valence-corrected chi connectivity index (χ4v) is 1.31. The number of halogens is 1. The summed E-state index contributed by atoms with van der Waals surface area (Å²) < 4.78 is 1.40. The van der Waals surface area contributed by atoms with Crippen LogP contribution < -0.4 is 0 Å². The SMILES string of the molecule is Cn1nnc(-c2ccc(Cl)cn2)c1C=O.